The number of methoxy groups -OCH3 is 1. The molecule has 0 spiro atoms. The molecule has 1 rings (SSSR count). The van der Waals surface area contributed by atoms with Gasteiger partial charge in [0, 0.05) is 0 Å². The molecule has 0 fully saturated rings. The topological polar surface area (TPSA) is 95.9 Å². The van der Waals surface area contributed by atoms with E-state index in [1.165, 1.54) is 7.11 Å². The number of aryl methyl sites for hydroxylation is 1. The molecule has 1 amide bonds. The molecule has 0 radical (unpaired) electrons. The predicted molar refractivity (Wildman–Crippen MR) is 63.7 cm³/mol. The van der Waals surface area contributed by atoms with Gasteiger partial charge in [-0.25, -0.2) is 4.79 Å². The third-order valence-corrected chi connectivity index (χ3v) is 2.39. The summed E-state index contributed by atoms with van der Waals surface area (Å²) in [7, 11) is 1.42. The number of carboxylic acid groups (broad SMARTS) is 1. The van der Waals surface area contributed by atoms with Crippen molar-refractivity contribution in [3.8, 4) is 5.75 Å². The Morgan fingerprint density at radius 2 is 2.11 bits per heavy atom. The van der Waals surface area contributed by atoms with E-state index in [1.54, 1.807) is 25.1 Å². The first-order chi connectivity index (χ1) is 8.49. The average Bonchev–Trinajstić information content (AvgIpc) is 2.35. The fourth-order valence-electron chi connectivity index (χ4n) is 1.42. The molecule has 98 valence electrons. The van der Waals surface area contributed by atoms with Crippen molar-refractivity contribution in [3.63, 3.8) is 0 Å². The summed E-state index contributed by atoms with van der Waals surface area (Å²) in [5, 5.41) is 19.8. The molecular weight excluding hydrogens is 238 g/mol. The number of carboxylic acids is 1. The molecule has 0 saturated carbocycles. The molecule has 0 aliphatic carbocycles. The monoisotopic (exact) mass is 253 g/mol. The van der Waals surface area contributed by atoms with Crippen molar-refractivity contribution in [1.82, 2.24) is 5.32 Å². The standard InChI is InChI=1S/C12H15NO5/c1-7-3-4-10(18-2)8(5-7)11(15)13-9(6-14)12(16)17/h3-5,9,14H,6H2,1-2H3,(H,13,15)(H,16,17). The summed E-state index contributed by atoms with van der Waals surface area (Å²) >= 11 is 0. The fraction of sp³-hybridized carbons (Fsp3) is 0.333. The summed E-state index contributed by atoms with van der Waals surface area (Å²) in [6.07, 6.45) is 0. The van der Waals surface area contributed by atoms with Crippen LogP contribution in [0.5, 0.6) is 5.75 Å². The second-order valence-corrected chi connectivity index (χ2v) is 3.75. The van der Waals surface area contributed by atoms with Gasteiger partial charge < -0.3 is 20.3 Å². The number of nitrogens with one attached hydrogen (secondary N) is 1. The van der Waals surface area contributed by atoms with Crippen molar-refractivity contribution in [2.24, 2.45) is 0 Å². The maximum Gasteiger partial charge on any atom is 0.328 e. The second-order valence-electron chi connectivity index (χ2n) is 3.75. The Bertz CT molecular complexity index is 458. The highest BCUT2D eigenvalue weighted by Crippen LogP contribution is 2.19. The molecule has 6 heteroatoms. The first-order valence-electron chi connectivity index (χ1n) is 5.28. The van der Waals surface area contributed by atoms with E-state index < -0.39 is 24.5 Å². The number of aliphatic hydroxyl groups excluding tert-OH is 1. The van der Waals surface area contributed by atoms with Crippen LogP contribution < -0.4 is 10.1 Å². The lowest BCUT2D eigenvalue weighted by Gasteiger charge is -2.14. The van der Waals surface area contributed by atoms with Gasteiger partial charge in [-0.15, -0.1) is 0 Å². The Balaban J connectivity index is 2.96. The van der Waals surface area contributed by atoms with Gasteiger partial charge >= 0.3 is 5.97 Å². The number of aliphatic hydroxyl groups is 1. The minimum Gasteiger partial charge on any atom is -0.496 e. The highest BCUT2D eigenvalue weighted by atomic mass is 16.5. The molecule has 6 nitrogen and oxygen atoms in total. The van der Waals surface area contributed by atoms with E-state index in [4.69, 9.17) is 14.9 Å². The van der Waals surface area contributed by atoms with Gasteiger partial charge in [0.1, 0.15) is 5.75 Å². The zero-order chi connectivity index (χ0) is 13.7. The minimum atomic E-state index is -1.33. The molecule has 0 aromatic heterocycles. The first-order valence-corrected chi connectivity index (χ1v) is 5.28. The Morgan fingerprint density at radius 1 is 1.44 bits per heavy atom. The lowest BCUT2D eigenvalue weighted by Crippen LogP contribution is -2.43. The van der Waals surface area contributed by atoms with Crippen LogP contribution in [0.4, 0.5) is 0 Å². The lowest BCUT2D eigenvalue weighted by molar-refractivity contribution is -0.140. The fourth-order valence-corrected chi connectivity index (χ4v) is 1.42. The van der Waals surface area contributed by atoms with Crippen LogP contribution in [-0.4, -0.2) is 41.8 Å². The zero-order valence-corrected chi connectivity index (χ0v) is 10.1. The van der Waals surface area contributed by atoms with Gasteiger partial charge in [0.25, 0.3) is 5.91 Å². The molecule has 1 aromatic rings. The molecule has 0 aliphatic rings. The summed E-state index contributed by atoms with van der Waals surface area (Å²) in [6, 6.07) is 3.66. The maximum atomic E-state index is 11.9. The van der Waals surface area contributed by atoms with Crippen molar-refractivity contribution in [2.45, 2.75) is 13.0 Å². The molecule has 1 aromatic carbocycles. The zero-order valence-electron chi connectivity index (χ0n) is 10.1. The largest absolute Gasteiger partial charge is 0.496 e. The molecular formula is C12H15NO5. The number of carbonyl (C=O) groups excluding carboxylic acids is 1. The average molecular weight is 253 g/mol. The number of hydrogen-bond donors (Lipinski definition) is 3. The van der Waals surface area contributed by atoms with Crippen LogP contribution in [0, 0.1) is 6.92 Å². The van der Waals surface area contributed by atoms with Gasteiger partial charge in [0.2, 0.25) is 0 Å². The molecule has 0 bridgehead atoms. The predicted octanol–water partition coefficient (Wildman–Crippen LogP) is 0.179. The summed E-state index contributed by atoms with van der Waals surface area (Å²) < 4.78 is 5.03. The Morgan fingerprint density at radius 3 is 2.61 bits per heavy atom. The van der Waals surface area contributed by atoms with Gasteiger partial charge in [-0.2, -0.15) is 0 Å². The number of carbonyl (C=O) groups is 2. The van der Waals surface area contributed by atoms with Crippen LogP contribution >= 0.6 is 0 Å². The van der Waals surface area contributed by atoms with Crippen molar-refractivity contribution < 1.29 is 24.5 Å². The number of aliphatic carboxylic acids is 1. The molecule has 0 saturated heterocycles. The minimum absolute atomic E-state index is 0.234. The van der Waals surface area contributed by atoms with Crippen LogP contribution in [-0.2, 0) is 4.79 Å². The summed E-state index contributed by atoms with van der Waals surface area (Å²) in [5.41, 5.74) is 1.08. The Kier molecular flexibility index (Phi) is 4.67. The van der Waals surface area contributed by atoms with E-state index in [-0.39, 0.29) is 5.56 Å². The van der Waals surface area contributed by atoms with Crippen molar-refractivity contribution in [1.29, 1.82) is 0 Å². The van der Waals surface area contributed by atoms with Crippen LogP contribution in [0.1, 0.15) is 15.9 Å². The molecule has 18 heavy (non-hydrogen) atoms. The van der Waals surface area contributed by atoms with Gasteiger partial charge in [-0.1, -0.05) is 11.6 Å². The number of hydrogen-bond acceptors (Lipinski definition) is 4. The van der Waals surface area contributed by atoms with Gasteiger partial charge in [0.15, 0.2) is 6.04 Å². The quantitative estimate of drug-likeness (QED) is 0.695. The maximum absolute atomic E-state index is 11.9. The molecule has 0 aliphatic heterocycles. The third-order valence-electron chi connectivity index (χ3n) is 2.39. The molecule has 1 unspecified atom stereocenters. The van der Waals surface area contributed by atoms with Gasteiger partial charge in [0.05, 0.1) is 19.3 Å². The van der Waals surface area contributed by atoms with Crippen LogP contribution in [0.15, 0.2) is 18.2 Å². The van der Waals surface area contributed by atoms with Gasteiger partial charge in [-0.05, 0) is 19.1 Å². The Hall–Kier alpha value is -2.08. The molecule has 1 atom stereocenters. The first kappa shape index (κ1) is 14.0. The van der Waals surface area contributed by atoms with E-state index in [9.17, 15) is 9.59 Å². The SMILES string of the molecule is COc1ccc(C)cc1C(=O)NC(CO)C(=O)O. The van der Waals surface area contributed by atoms with E-state index in [2.05, 4.69) is 5.32 Å². The highest BCUT2D eigenvalue weighted by Gasteiger charge is 2.21. The van der Waals surface area contributed by atoms with Crippen LogP contribution in [0.3, 0.4) is 0 Å². The lowest BCUT2D eigenvalue weighted by atomic mass is 10.1. The summed E-state index contributed by atoms with van der Waals surface area (Å²) in [4.78, 5) is 22.6. The number of ether oxygens (including phenoxy) is 1. The summed E-state index contributed by atoms with van der Waals surface area (Å²) in [5.74, 6) is -1.55. The third kappa shape index (κ3) is 3.21. The normalized spacial score (nSPS) is 11.7. The van der Waals surface area contributed by atoms with E-state index >= 15 is 0 Å². The van der Waals surface area contributed by atoms with Crippen LogP contribution in [0.25, 0.3) is 0 Å². The summed E-state index contributed by atoms with van der Waals surface area (Å²) in [6.45, 7) is 1.13. The second kappa shape index (κ2) is 6.02. The molecule has 3 N–H and O–H groups in total. The van der Waals surface area contributed by atoms with E-state index in [1.807, 2.05) is 0 Å². The van der Waals surface area contributed by atoms with Crippen molar-refractivity contribution in [3.05, 3.63) is 29.3 Å². The van der Waals surface area contributed by atoms with Crippen molar-refractivity contribution >= 4 is 11.9 Å². The van der Waals surface area contributed by atoms with Crippen LogP contribution in [0.2, 0.25) is 0 Å². The van der Waals surface area contributed by atoms with E-state index in [0.29, 0.717) is 5.75 Å². The van der Waals surface area contributed by atoms with E-state index in [0.717, 1.165) is 5.56 Å². The smallest absolute Gasteiger partial charge is 0.328 e. The highest BCUT2D eigenvalue weighted by molar-refractivity contribution is 5.99. The van der Waals surface area contributed by atoms with Gasteiger partial charge in [-0.3, -0.25) is 4.79 Å². The number of benzene rings is 1. The van der Waals surface area contributed by atoms with Crippen molar-refractivity contribution in [2.75, 3.05) is 13.7 Å². The molecule has 0 heterocycles. The Labute approximate surface area is 104 Å². The number of amides is 1. The number of rotatable bonds is 5.